The van der Waals surface area contributed by atoms with Gasteiger partial charge in [-0.05, 0) is 36.6 Å². The molecule has 2 aromatic heterocycles. The maximum atomic E-state index is 6.38. The lowest BCUT2D eigenvalue weighted by Gasteiger charge is -2.45. The fraction of sp³-hybridized carbons (Fsp3) is 0.391. The lowest BCUT2D eigenvalue weighted by molar-refractivity contribution is 0.161. The number of fused-ring (bicyclic) bond motifs is 4. The number of benzene rings is 1. The molecule has 6 heteroatoms. The van der Waals surface area contributed by atoms with E-state index in [1.54, 1.807) is 0 Å². The van der Waals surface area contributed by atoms with E-state index in [1.165, 1.54) is 11.3 Å². The number of piperidine rings is 1. The third-order valence-corrected chi connectivity index (χ3v) is 6.61. The first-order chi connectivity index (χ1) is 14.1. The summed E-state index contributed by atoms with van der Waals surface area (Å²) < 4.78 is 2.34. The Morgan fingerprint density at radius 1 is 1.10 bits per heavy atom. The highest BCUT2D eigenvalue weighted by Gasteiger charge is 2.43. The molecule has 0 unspecified atom stereocenters. The standard InChI is InChI=1S/C23H26ClN5/c1-16(2)22-26-14-20-23(27-21-19(29(20)22)8-5-11-25-21)9-12-28(13-10-23)15-17-6-3-4-7-18(17)24/h3-8,11,14,16H,9-10,12-13,15H2,1-2H3,(H,25,27). The first kappa shape index (κ1) is 18.6. The minimum atomic E-state index is -0.127. The van der Waals surface area contributed by atoms with Crippen LogP contribution in [0, 0.1) is 0 Å². The van der Waals surface area contributed by atoms with E-state index in [4.69, 9.17) is 16.6 Å². The van der Waals surface area contributed by atoms with Crippen molar-refractivity contribution >= 4 is 17.4 Å². The highest BCUT2D eigenvalue weighted by atomic mass is 35.5. The molecule has 1 saturated heterocycles. The summed E-state index contributed by atoms with van der Waals surface area (Å²) in [6, 6.07) is 12.3. The van der Waals surface area contributed by atoms with Crippen LogP contribution in [0.15, 0.2) is 48.8 Å². The van der Waals surface area contributed by atoms with Crippen LogP contribution in [0.1, 0.15) is 49.7 Å². The number of rotatable bonds is 3. The molecule has 4 heterocycles. The van der Waals surface area contributed by atoms with Crippen LogP contribution in [0.5, 0.6) is 0 Å². The van der Waals surface area contributed by atoms with Crippen molar-refractivity contribution in [2.75, 3.05) is 18.4 Å². The number of pyridine rings is 1. The van der Waals surface area contributed by atoms with Gasteiger partial charge in [0.1, 0.15) is 5.82 Å². The summed E-state index contributed by atoms with van der Waals surface area (Å²) in [4.78, 5) is 12.0. The van der Waals surface area contributed by atoms with Crippen molar-refractivity contribution in [3.05, 3.63) is 70.9 Å². The van der Waals surface area contributed by atoms with Crippen molar-refractivity contribution in [3.8, 4) is 5.69 Å². The Kier molecular flexibility index (Phi) is 4.60. The van der Waals surface area contributed by atoms with Crippen LogP contribution in [-0.4, -0.2) is 32.5 Å². The maximum Gasteiger partial charge on any atom is 0.151 e. The second-order valence-electron chi connectivity index (χ2n) is 8.44. The van der Waals surface area contributed by atoms with Crippen molar-refractivity contribution in [1.29, 1.82) is 0 Å². The van der Waals surface area contributed by atoms with E-state index in [2.05, 4.69) is 58.0 Å². The number of anilines is 1. The van der Waals surface area contributed by atoms with Crippen LogP contribution in [0.4, 0.5) is 5.82 Å². The van der Waals surface area contributed by atoms with E-state index in [0.717, 1.165) is 54.8 Å². The van der Waals surface area contributed by atoms with Gasteiger partial charge in [0.15, 0.2) is 5.82 Å². The Labute approximate surface area is 176 Å². The number of nitrogens with one attached hydrogen (secondary N) is 1. The Morgan fingerprint density at radius 2 is 1.90 bits per heavy atom. The zero-order valence-corrected chi connectivity index (χ0v) is 17.7. The van der Waals surface area contributed by atoms with Crippen LogP contribution in [0.3, 0.4) is 0 Å². The smallest absolute Gasteiger partial charge is 0.151 e. The van der Waals surface area contributed by atoms with E-state index >= 15 is 0 Å². The number of halogens is 1. The van der Waals surface area contributed by atoms with Gasteiger partial charge in [-0.2, -0.15) is 0 Å². The topological polar surface area (TPSA) is 46.0 Å². The largest absolute Gasteiger partial charge is 0.357 e. The lowest BCUT2D eigenvalue weighted by atomic mass is 9.83. The van der Waals surface area contributed by atoms with Crippen molar-refractivity contribution < 1.29 is 0 Å². The molecule has 1 spiro atoms. The number of hydrogen-bond donors (Lipinski definition) is 1. The first-order valence-electron chi connectivity index (χ1n) is 10.3. The molecule has 150 valence electrons. The molecule has 2 aliphatic heterocycles. The second kappa shape index (κ2) is 7.15. The van der Waals surface area contributed by atoms with Gasteiger partial charge >= 0.3 is 0 Å². The van der Waals surface area contributed by atoms with Gasteiger partial charge in [0.05, 0.1) is 23.1 Å². The molecule has 0 radical (unpaired) electrons. The van der Waals surface area contributed by atoms with Crippen LogP contribution >= 0.6 is 11.6 Å². The lowest BCUT2D eigenvalue weighted by Crippen LogP contribution is -2.49. The minimum Gasteiger partial charge on any atom is -0.357 e. The summed E-state index contributed by atoms with van der Waals surface area (Å²) in [5.74, 6) is 2.42. The molecule has 2 aliphatic rings. The number of hydrogen-bond acceptors (Lipinski definition) is 4. The predicted octanol–water partition coefficient (Wildman–Crippen LogP) is 4.96. The first-order valence-corrected chi connectivity index (χ1v) is 10.7. The van der Waals surface area contributed by atoms with E-state index < -0.39 is 0 Å². The van der Waals surface area contributed by atoms with Gasteiger partial charge in [0.25, 0.3) is 0 Å². The van der Waals surface area contributed by atoms with E-state index in [-0.39, 0.29) is 5.54 Å². The summed E-state index contributed by atoms with van der Waals surface area (Å²) in [5, 5.41) is 4.64. The molecule has 5 nitrogen and oxygen atoms in total. The van der Waals surface area contributed by atoms with Crippen LogP contribution in [0.2, 0.25) is 5.02 Å². The third-order valence-electron chi connectivity index (χ3n) is 6.24. The predicted molar refractivity (Wildman–Crippen MR) is 117 cm³/mol. The van der Waals surface area contributed by atoms with Gasteiger partial charge in [0.2, 0.25) is 0 Å². The molecular weight excluding hydrogens is 382 g/mol. The average Bonchev–Trinajstić information content (AvgIpc) is 3.18. The number of imidazole rings is 1. The molecule has 1 N–H and O–H groups in total. The summed E-state index contributed by atoms with van der Waals surface area (Å²) in [5.41, 5.74) is 3.44. The zero-order chi connectivity index (χ0) is 20.0. The molecule has 0 bridgehead atoms. The fourth-order valence-electron chi connectivity index (χ4n) is 4.67. The average molecular weight is 408 g/mol. The number of aromatic nitrogens is 3. The van der Waals surface area contributed by atoms with Crippen LogP contribution < -0.4 is 5.32 Å². The Bertz CT molecular complexity index is 1030. The Balaban J connectivity index is 1.45. The second-order valence-corrected chi connectivity index (χ2v) is 8.84. The third kappa shape index (κ3) is 3.13. The molecule has 29 heavy (non-hydrogen) atoms. The van der Waals surface area contributed by atoms with Crippen molar-refractivity contribution in [3.63, 3.8) is 0 Å². The van der Waals surface area contributed by atoms with Crippen LogP contribution in [0.25, 0.3) is 5.69 Å². The molecule has 0 saturated carbocycles. The normalized spacial score (nSPS) is 17.8. The zero-order valence-electron chi connectivity index (χ0n) is 16.9. The molecule has 0 amide bonds. The maximum absolute atomic E-state index is 6.38. The number of nitrogens with zero attached hydrogens (tertiary/aromatic N) is 4. The number of likely N-dealkylation sites (tertiary alicyclic amines) is 1. The quantitative estimate of drug-likeness (QED) is 0.666. The monoisotopic (exact) mass is 407 g/mol. The Hall–Kier alpha value is -2.37. The highest BCUT2D eigenvalue weighted by Crippen LogP contribution is 2.44. The van der Waals surface area contributed by atoms with Gasteiger partial charge in [-0.3, -0.25) is 9.47 Å². The molecule has 5 rings (SSSR count). The van der Waals surface area contributed by atoms with Gasteiger partial charge in [-0.1, -0.05) is 43.6 Å². The Morgan fingerprint density at radius 3 is 2.66 bits per heavy atom. The van der Waals surface area contributed by atoms with Gasteiger partial charge in [-0.15, -0.1) is 0 Å². The van der Waals surface area contributed by atoms with Crippen molar-refractivity contribution in [1.82, 2.24) is 19.4 Å². The highest BCUT2D eigenvalue weighted by molar-refractivity contribution is 6.31. The van der Waals surface area contributed by atoms with Crippen LogP contribution in [-0.2, 0) is 12.1 Å². The summed E-state index contributed by atoms with van der Waals surface area (Å²) in [6.45, 7) is 7.30. The van der Waals surface area contributed by atoms with Crippen molar-refractivity contribution in [2.45, 2.75) is 44.7 Å². The molecule has 1 aromatic carbocycles. The molecule has 0 aliphatic carbocycles. The van der Waals surface area contributed by atoms with E-state index in [9.17, 15) is 0 Å². The SMILES string of the molecule is CC(C)c1ncc2n1-c1cccnc1NC21CCN(Cc2ccccc2Cl)CC1. The summed E-state index contributed by atoms with van der Waals surface area (Å²) in [6.07, 6.45) is 5.96. The van der Waals surface area contributed by atoms with E-state index in [0.29, 0.717) is 5.92 Å². The molecule has 0 atom stereocenters. The fourth-order valence-corrected chi connectivity index (χ4v) is 4.87. The molecular formula is C23H26ClN5. The van der Waals surface area contributed by atoms with Crippen molar-refractivity contribution in [2.24, 2.45) is 0 Å². The van der Waals surface area contributed by atoms with Gasteiger partial charge in [-0.25, -0.2) is 9.97 Å². The van der Waals surface area contributed by atoms with E-state index in [1.807, 2.05) is 24.4 Å². The summed E-state index contributed by atoms with van der Waals surface area (Å²) in [7, 11) is 0. The van der Waals surface area contributed by atoms with Gasteiger partial charge in [0, 0.05) is 36.8 Å². The summed E-state index contributed by atoms with van der Waals surface area (Å²) >= 11 is 6.38. The molecule has 1 fully saturated rings. The molecule has 3 aromatic rings. The van der Waals surface area contributed by atoms with Gasteiger partial charge < -0.3 is 5.32 Å². The minimum absolute atomic E-state index is 0.127.